The van der Waals surface area contributed by atoms with Gasteiger partial charge in [0, 0.05) is 20.6 Å². The lowest BCUT2D eigenvalue weighted by molar-refractivity contribution is 0.217. The number of hydrogen-bond donors (Lipinski definition) is 1. The largest absolute Gasteiger partial charge is 0.338 e. The lowest BCUT2D eigenvalue weighted by Gasteiger charge is -2.11. The predicted molar refractivity (Wildman–Crippen MR) is 62.0 cm³/mol. The Labute approximate surface area is 91.1 Å². The molecule has 0 aliphatic rings. The van der Waals surface area contributed by atoms with E-state index < -0.39 is 0 Å². The van der Waals surface area contributed by atoms with E-state index in [2.05, 4.69) is 30.4 Å². The van der Waals surface area contributed by atoms with Crippen LogP contribution in [0.15, 0.2) is 24.3 Å². The molecule has 0 aromatic heterocycles. The highest BCUT2D eigenvalue weighted by atomic mass is 16.2. The summed E-state index contributed by atoms with van der Waals surface area (Å²) in [7, 11) is 3.48. The van der Waals surface area contributed by atoms with Crippen LogP contribution in [0.25, 0.3) is 0 Å². The van der Waals surface area contributed by atoms with Crippen LogP contribution in [0.3, 0.4) is 0 Å². The number of amides is 2. The van der Waals surface area contributed by atoms with Gasteiger partial charge < -0.3 is 10.2 Å². The van der Waals surface area contributed by atoms with Gasteiger partial charge in [0.15, 0.2) is 0 Å². The number of benzene rings is 1. The lowest BCUT2D eigenvalue weighted by Crippen LogP contribution is -2.35. The summed E-state index contributed by atoms with van der Waals surface area (Å²) in [6.07, 6.45) is 0.876. The standard InChI is InChI=1S/C12H18N2O/c1-10-5-4-6-11(9-10)7-8-13-12(15)14(2)3/h4-6,9H,7-8H2,1-3H3,(H,13,15). The molecule has 0 radical (unpaired) electrons. The Kier molecular flexibility index (Phi) is 4.16. The zero-order valence-electron chi connectivity index (χ0n) is 9.58. The highest BCUT2D eigenvalue weighted by Gasteiger charge is 2.01. The van der Waals surface area contributed by atoms with Crippen molar-refractivity contribution in [1.29, 1.82) is 0 Å². The van der Waals surface area contributed by atoms with Crippen LogP contribution in [0.5, 0.6) is 0 Å². The highest BCUT2D eigenvalue weighted by molar-refractivity contribution is 5.73. The molecule has 2 amide bonds. The Bertz CT molecular complexity index is 334. The number of nitrogens with one attached hydrogen (secondary N) is 1. The molecule has 0 saturated carbocycles. The molecule has 3 heteroatoms. The van der Waals surface area contributed by atoms with Crippen molar-refractivity contribution in [3.8, 4) is 0 Å². The smallest absolute Gasteiger partial charge is 0.316 e. The van der Waals surface area contributed by atoms with Crippen LogP contribution >= 0.6 is 0 Å². The number of hydrogen-bond acceptors (Lipinski definition) is 1. The normalized spacial score (nSPS) is 9.80. The number of rotatable bonds is 3. The maximum absolute atomic E-state index is 11.2. The monoisotopic (exact) mass is 206 g/mol. The molecule has 1 aromatic carbocycles. The molecule has 0 unspecified atom stereocenters. The third kappa shape index (κ3) is 4.02. The second kappa shape index (κ2) is 5.39. The van der Waals surface area contributed by atoms with Gasteiger partial charge in [0.25, 0.3) is 0 Å². The van der Waals surface area contributed by atoms with Crippen molar-refractivity contribution in [2.45, 2.75) is 13.3 Å². The van der Waals surface area contributed by atoms with Gasteiger partial charge in [0.05, 0.1) is 0 Å². The Hall–Kier alpha value is -1.51. The van der Waals surface area contributed by atoms with Gasteiger partial charge in [0.2, 0.25) is 0 Å². The van der Waals surface area contributed by atoms with Gasteiger partial charge >= 0.3 is 6.03 Å². The summed E-state index contributed by atoms with van der Waals surface area (Å²) in [4.78, 5) is 12.8. The fraction of sp³-hybridized carbons (Fsp3) is 0.417. The maximum atomic E-state index is 11.2. The predicted octanol–water partition coefficient (Wildman–Crippen LogP) is 1.81. The average molecular weight is 206 g/mol. The number of carbonyl (C=O) groups is 1. The van der Waals surface area contributed by atoms with E-state index in [4.69, 9.17) is 0 Å². The first kappa shape index (κ1) is 11.6. The van der Waals surface area contributed by atoms with Gasteiger partial charge in [-0.25, -0.2) is 4.79 Å². The minimum Gasteiger partial charge on any atom is -0.338 e. The van der Waals surface area contributed by atoms with Gasteiger partial charge in [-0.1, -0.05) is 29.8 Å². The van der Waals surface area contributed by atoms with E-state index in [9.17, 15) is 4.79 Å². The Morgan fingerprint density at radius 2 is 2.13 bits per heavy atom. The molecule has 15 heavy (non-hydrogen) atoms. The van der Waals surface area contributed by atoms with E-state index in [1.54, 1.807) is 14.1 Å². The fourth-order valence-electron chi connectivity index (χ4n) is 1.34. The van der Waals surface area contributed by atoms with E-state index in [1.807, 2.05) is 6.07 Å². The highest BCUT2D eigenvalue weighted by Crippen LogP contribution is 2.03. The van der Waals surface area contributed by atoms with Gasteiger partial charge in [-0.2, -0.15) is 0 Å². The summed E-state index contributed by atoms with van der Waals surface area (Å²) >= 11 is 0. The van der Waals surface area contributed by atoms with Crippen LogP contribution in [0, 0.1) is 6.92 Å². The minimum absolute atomic E-state index is 0.0392. The van der Waals surface area contributed by atoms with Gasteiger partial charge in [0.1, 0.15) is 0 Å². The molecule has 82 valence electrons. The third-order valence-electron chi connectivity index (χ3n) is 2.18. The average Bonchev–Trinajstić information content (AvgIpc) is 2.17. The molecule has 0 saturated heterocycles. The van der Waals surface area contributed by atoms with Crippen molar-refractivity contribution >= 4 is 6.03 Å². The first-order chi connectivity index (χ1) is 7.09. The molecule has 0 fully saturated rings. The van der Waals surface area contributed by atoms with Crippen molar-refractivity contribution in [3.05, 3.63) is 35.4 Å². The van der Waals surface area contributed by atoms with Crippen LogP contribution in [0.2, 0.25) is 0 Å². The number of aryl methyl sites for hydroxylation is 1. The van der Waals surface area contributed by atoms with Crippen LogP contribution in [-0.4, -0.2) is 31.6 Å². The molecule has 0 heterocycles. The van der Waals surface area contributed by atoms with Gasteiger partial charge in [-0.3, -0.25) is 0 Å². The van der Waals surface area contributed by atoms with E-state index in [0.717, 1.165) is 6.42 Å². The molecule has 0 atom stereocenters. The molecule has 3 nitrogen and oxygen atoms in total. The number of carbonyl (C=O) groups excluding carboxylic acids is 1. The Balaban J connectivity index is 2.35. The van der Waals surface area contributed by atoms with E-state index in [-0.39, 0.29) is 6.03 Å². The first-order valence-electron chi connectivity index (χ1n) is 5.10. The topological polar surface area (TPSA) is 32.3 Å². The zero-order chi connectivity index (χ0) is 11.3. The second-order valence-electron chi connectivity index (χ2n) is 3.87. The molecule has 0 aliphatic carbocycles. The quantitative estimate of drug-likeness (QED) is 0.803. The summed E-state index contributed by atoms with van der Waals surface area (Å²) in [5.74, 6) is 0. The van der Waals surface area contributed by atoms with Gasteiger partial charge in [-0.15, -0.1) is 0 Å². The SMILES string of the molecule is Cc1cccc(CCNC(=O)N(C)C)c1. The van der Waals surface area contributed by atoms with Crippen LogP contribution in [-0.2, 0) is 6.42 Å². The Morgan fingerprint density at radius 1 is 1.40 bits per heavy atom. The van der Waals surface area contributed by atoms with E-state index in [1.165, 1.54) is 16.0 Å². The van der Waals surface area contributed by atoms with E-state index in [0.29, 0.717) is 6.54 Å². The molecule has 0 aliphatic heterocycles. The van der Waals surface area contributed by atoms with Crippen molar-refractivity contribution in [2.24, 2.45) is 0 Å². The van der Waals surface area contributed by atoms with Crippen molar-refractivity contribution in [1.82, 2.24) is 10.2 Å². The first-order valence-corrected chi connectivity index (χ1v) is 5.10. The van der Waals surface area contributed by atoms with Crippen LogP contribution < -0.4 is 5.32 Å². The molecule has 1 N–H and O–H groups in total. The molecule has 1 aromatic rings. The van der Waals surface area contributed by atoms with Crippen molar-refractivity contribution < 1.29 is 4.79 Å². The summed E-state index contributed by atoms with van der Waals surface area (Å²) in [6, 6.07) is 8.29. The van der Waals surface area contributed by atoms with Crippen LogP contribution in [0.1, 0.15) is 11.1 Å². The Morgan fingerprint density at radius 3 is 2.73 bits per heavy atom. The fourth-order valence-corrected chi connectivity index (χ4v) is 1.34. The molecular weight excluding hydrogens is 188 g/mol. The summed E-state index contributed by atoms with van der Waals surface area (Å²) < 4.78 is 0. The molecular formula is C12H18N2O. The molecule has 0 spiro atoms. The zero-order valence-corrected chi connectivity index (χ0v) is 9.58. The lowest BCUT2D eigenvalue weighted by atomic mass is 10.1. The van der Waals surface area contributed by atoms with Crippen LogP contribution in [0.4, 0.5) is 4.79 Å². The molecule has 0 bridgehead atoms. The van der Waals surface area contributed by atoms with Crippen molar-refractivity contribution in [3.63, 3.8) is 0 Å². The maximum Gasteiger partial charge on any atom is 0.316 e. The second-order valence-corrected chi connectivity index (χ2v) is 3.87. The third-order valence-corrected chi connectivity index (χ3v) is 2.18. The minimum atomic E-state index is -0.0392. The van der Waals surface area contributed by atoms with Gasteiger partial charge in [-0.05, 0) is 18.9 Å². The summed E-state index contributed by atoms with van der Waals surface area (Å²) in [5, 5.41) is 2.84. The summed E-state index contributed by atoms with van der Waals surface area (Å²) in [6.45, 7) is 2.75. The number of urea groups is 1. The molecule has 1 rings (SSSR count). The number of nitrogens with zero attached hydrogens (tertiary/aromatic N) is 1. The summed E-state index contributed by atoms with van der Waals surface area (Å²) in [5.41, 5.74) is 2.51. The van der Waals surface area contributed by atoms with E-state index >= 15 is 0 Å². The van der Waals surface area contributed by atoms with Crippen molar-refractivity contribution in [2.75, 3.05) is 20.6 Å².